The second-order valence-electron chi connectivity index (χ2n) is 3.66. The molecule has 0 aliphatic rings. The lowest BCUT2D eigenvalue weighted by atomic mass is 10.2. The normalized spacial score (nSPS) is 10.2. The molecule has 94 valence electrons. The summed E-state index contributed by atoms with van der Waals surface area (Å²) in [6.07, 6.45) is 1.95. The molecular formula is C13H18O3S. The zero-order valence-corrected chi connectivity index (χ0v) is 10.8. The first-order valence-corrected chi connectivity index (χ1v) is 6.73. The maximum absolute atomic E-state index is 11.3. The van der Waals surface area contributed by atoms with Crippen LogP contribution in [-0.2, 0) is 16.1 Å². The zero-order valence-electron chi connectivity index (χ0n) is 10.0. The van der Waals surface area contributed by atoms with E-state index in [1.807, 2.05) is 24.3 Å². The number of unbranched alkanes of at least 4 members (excludes halogenated alkanes) is 1. The van der Waals surface area contributed by atoms with Gasteiger partial charge in [0, 0.05) is 4.90 Å². The number of esters is 1. The summed E-state index contributed by atoms with van der Waals surface area (Å²) in [4.78, 5) is 12.3. The minimum Gasteiger partial charge on any atom is -0.465 e. The number of carbonyl (C=O) groups excluding carboxylic acids is 1. The SMILES string of the molecule is CCCCOC(=O)CSc1ccc(CO)cc1. The lowest BCUT2D eigenvalue weighted by molar-refractivity contribution is -0.140. The third-order valence-electron chi connectivity index (χ3n) is 2.22. The molecule has 3 nitrogen and oxygen atoms in total. The molecule has 0 saturated carbocycles. The van der Waals surface area contributed by atoms with Crippen LogP contribution in [0.4, 0.5) is 0 Å². The highest BCUT2D eigenvalue weighted by Crippen LogP contribution is 2.18. The number of aliphatic hydroxyl groups is 1. The molecule has 1 N–H and O–H groups in total. The number of ether oxygens (including phenoxy) is 1. The van der Waals surface area contributed by atoms with E-state index in [2.05, 4.69) is 6.92 Å². The number of thioether (sulfide) groups is 1. The topological polar surface area (TPSA) is 46.5 Å². The molecule has 0 radical (unpaired) electrons. The van der Waals surface area contributed by atoms with Gasteiger partial charge in [-0.1, -0.05) is 25.5 Å². The van der Waals surface area contributed by atoms with Crippen LogP contribution in [0, 0.1) is 0 Å². The Morgan fingerprint density at radius 2 is 2.06 bits per heavy atom. The van der Waals surface area contributed by atoms with Crippen LogP contribution in [0.15, 0.2) is 29.2 Å². The summed E-state index contributed by atoms with van der Waals surface area (Å²) in [6.45, 7) is 2.62. The molecule has 0 amide bonds. The first-order valence-electron chi connectivity index (χ1n) is 5.74. The van der Waals surface area contributed by atoms with Crippen molar-refractivity contribution in [3.8, 4) is 0 Å². The second-order valence-corrected chi connectivity index (χ2v) is 4.71. The molecule has 17 heavy (non-hydrogen) atoms. The van der Waals surface area contributed by atoms with Crippen molar-refractivity contribution in [2.45, 2.75) is 31.3 Å². The Hall–Kier alpha value is -1.00. The van der Waals surface area contributed by atoms with E-state index in [4.69, 9.17) is 9.84 Å². The monoisotopic (exact) mass is 254 g/mol. The van der Waals surface area contributed by atoms with E-state index >= 15 is 0 Å². The molecule has 0 aliphatic carbocycles. The zero-order chi connectivity index (χ0) is 12.5. The van der Waals surface area contributed by atoms with Crippen molar-refractivity contribution in [1.29, 1.82) is 0 Å². The summed E-state index contributed by atoms with van der Waals surface area (Å²) >= 11 is 1.45. The molecule has 0 saturated heterocycles. The predicted octanol–water partition coefficient (Wildman–Crippen LogP) is 2.61. The van der Waals surface area contributed by atoms with Gasteiger partial charge in [0.1, 0.15) is 0 Å². The van der Waals surface area contributed by atoms with Crippen LogP contribution in [0.1, 0.15) is 25.3 Å². The summed E-state index contributed by atoms with van der Waals surface area (Å²) in [7, 11) is 0. The van der Waals surface area contributed by atoms with Gasteiger partial charge in [-0.3, -0.25) is 4.79 Å². The number of hydrogen-bond donors (Lipinski definition) is 1. The van der Waals surface area contributed by atoms with Crippen molar-refractivity contribution in [2.75, 3.05) is 12.4 Å². The molecule has 0 aliphatic heterocycles. The van der Waals surface area contributed by atoms with Gasteiger partial charge >= 0.3 is 5.97 Å². The standard InChI is InChI=1S/C13H18O3S/c1-2-3-8-16-13(15)10-17-12-6-4-11(9-14)5-7-12/h4-7,14H,2-3,8-10H2,1H3. The van der Waals surface area contributed by atoms with Crippen LogP contribution < -0.4 is 0 Å². The largest absolute Gasteiger partial charge is 0.465 e. The van der Waals surface area contributed by atoms with Gasteiger partial charge in [0.15, 0.2) is 0 Å². The molecule has 4 heteroatoms. The molecular weight excluding hydrogens is 236 g/mol. The summed E-state index contributed by atoms with van der Waals surface area (Å²) < 4.78 is 5.05. The van der Waals surface area contributed by atoms with Crippen LogP contribution in [0.25, 0.3) is 0 Å². The van der Waals surface area contributed by atoms with Gasteiger partial charge in [0.05, 0.1) is 19.0 Å². The number of hydrogen-bond acceptors (Lipinski definition) is 4. The highest BCUT2D eigenvalue weighted by Gasteiger charge is 2.03. The molecule has 0 bridgehead atoms. The fourth-order valence-electron chi connectivity index (χ4n) is 1.21. The van der Waals surface area contributed by atoms with Gasteiger partial charge in [0.2, 0.25) is 0 Å². The van der Waals surface area contributed by atoms with Gasteiger partial charge in [-0.25, -0.2) is 0 Å². The van der Waals surface area contributed by atoms with Gasteiger partial charge in [-0.15, -0.1) is 11.8 Å². The van der Waals surface area contributed by atoms with Gasteiger partial charge in [-0.2, -0.15) is 0 Å². The maximum atomic E-state index is 11.3. The molecule has 0 atom stereocenters. The molecule has 1 aromatic carbocycles. The van der Waals surface area contributed by atoms with E-state index in [9.17, 15) is 4.79 Å². The van der Waals surface area contributed by atoms with Crippen LogP contribution in [0.2, 0.25) is 0 Å². The summed E-state index contributed by atoms with van der Waals surface area (Å²) in [5, 5.41) is 8.89. The Balaban J connectivity index is 2.27. The molecule has 0 fully saturated rings. The van der Waals surface area contributed by atoms with Crippen LogP contribution in [0.5, 0.6) is 0 Å². The Bertz CT molecular complexity index is 335. The molecule has 0 spiro atoms. The summed E-state index contributed by atoms with van der Waals surface area (Å²) in [6, 6.07) is 7.50. The van der Waals surface area contributed by atoms with E-state index in [-0.39, 0.29) is 12.6 Å². The predicted molar refractivity (Wildman–Crippen MR) is 69.0 cm³/mol. The van der Waals surface area contributed by atoms with E-state index in [0.717, 1.165) is 23.3 Å². The number of aliphatic hydroxyl groups excluding tert-OH is 1. The smallest absolute Gasteiger partial charge is 0.316 e. The Morgan fingerprint density at radius 3 is 2.65 bits per heavy atom. The average molecular weight is 254 g/mol. The van der Waals surface area contributed by atoms with Crippen molar-refractivity contribution in [3.05, 3.63) is 29.8 Å². The van der Waals surface area contributed by atoms with Crippen molar-refractivity contribution < 1.29 is 14.6 Å². The lowest BCUT2D eigenvalue weighted by Crippen LogP contribution is -2.08. The maximum Gasteiger partial charge on any atom is 0.316 e. The quantitative estimate of drug-likeness (QED) is 0.461. The van der Waals surface area contributed by atoms with E-state index in [0.29, 0.717) is 12.4 Å². The van der Waals surface area contributed by atoms with Crippen molar-refractivity contribution >= 4 is 17.7 Å². The van der Waals surface area contributed by atoms with Crippen molar-refractivity contribution in [1.82, 2.24) is 0 Å². The first kappa shape index (κ1) is 14.1. The van der Waals surface area contributed by atoms with E-state index in [1.54, 1.807) is 0 Å². The van der Waals surface area contributed by atoms with Crippen LogP contribution >= 0.6 is 11.8 Å². The minimum absolute atomic E-state index is 0.0456. The van der Waals surface area contributed by atoms with Crippen LogP contribution in [-0.4, -0.2) is 23.4 Å². The summed E-state index contributed by atoms with van der Waals surface area (Å²) in [5.74, 6) is 0.164. The van der Waals surface area contributed by atoms with Crippen molar-refractivity contribution in [2.24, 2.45) is 0 Å². The van der Waals surface area contributed by atoms with Gasteiger partial charge in [-0.05, 0) is 24.1 Å². The third-order valence-corrected chi connectivity index (χ3v) is 3.21. The number of benzene rings is 1. The fourth-order valence-corrected chi connectivity index (χ4v) is 1.90. The highest BCUT2D eigenvalue weighted by molar-refractivity contribution is 8.00. The van der Waals surface area contributed by atoms with Gasteiger partial charge < -0.3 is 9.84 Å². The third kappa shape index (κ3) is 5.75. The molecule has 0 unspecified atom stereocenters. The number of rotatable bonds is 7. The van der Waals surface area contributed by atoms with Crippen molar-refractivity contribution in [3.63, 3.8) is 0 Å². The Labute approximate surface area is 106 Å². The molecule has 1 aromatic rings. The highest BCUT2D eigenvalue weighted by atomic mass is 32.2. The van der Waals surface area contributed by atoms with E-state index < -0.39 is 0 Å². The van der Waals surface area contributed by atoms with Gasteiger partial charge in [0.25, 0.3) is 0 Å². The molecule has 1 rings (SSSR count). The first-order chi connectivity index (χ1) is 8.26. The summed E-state index contributed by atoms with van der Waals surface area (Å²) in [5.41, 5.74) is 0.875. The molecule has 0 aromatic heterocycles. The molecule has 0 heterocycles. The minimum atomic E-state index is -0.172. The van der Waals surface area contributed by atoms with E-state index in [1.165, 1.54) is 11.8 Å². The lowest BCUT2D eigenvalue weighted by Gasteiger charge is -2.04. The second kappa shape index (κ2) is 8.14. The van der Waals surface area contributed by atoms with Crippen LogP contribution in [0.3, 0.4) is 0 Å². The average Bonchev–Trinajstić information content (AvgIpc) is 2.37. The number of carbonyl (C=O) groups is 1. The Kier molecular flexibility index (Phi) is 6.74. The Morgan fingerprint density at radius 1 is 1.35 bits per heavy atom. The fraction of sp³-hybridized carbons (Fsp3) is 0.462.